The van der Waals surface area contributed by atoms with Crippen LogP contribution in [-0.4, -0.2) is 33.1 Å². The van der Waals surface area contributed by atoms with Gasteiger partial charge in [-0.25, -0.2) is 4.98 Å². The lowest BCUT2D eigenvalue weighted by molar-refractivity contribution is 0.233. The van der Waals surface area contributed by atoms with Crippen molar-refractivity contribution < 1.29 is 0 Å². The highest BCUT2D eigenvalue weighted by molar-refractivity contribution is 5.23. The molecule has 4 nitrogen and oxygen atoms in total. The zero-order chi connectivity index (χ0) is 16.8. The van der Waals surface area contributed by atoms with Gasteiger partial charge in [-0.15, -0.1) is 0 Å². The Morgan fingerprint density at radius 2 is 1.88 bits per heavy atom. The van der Waals surface area contributed by atoms with Gasteiger partial charge in [0.15, 0.2) is 0 Å². The molecule has 2 saturated heterocycles. The number of aryl methyl sites for hydroxylation is 1. The van der Waals surface area contributed by atoms with Gasteiger partial charge >= 0.3 is 0 Å². The van der Waals surface area contributed by atoms with Crippen molar-refractivity contribution in [1.29, 1.82) is 0 Å². The molecular weight excluding hydrogens is 308 g/mol. The van der Waals surface area contributed by atoms with Crippen LogP contribution in [0.1, 0.15) is 54.5 Å². The van der Waals surface area contributed by atoms with Gasteiger partial charge in [0.1, 0.15) is 5.82 Å². The first kappa shape index (κ1) is 15.6. The van der Waals surface area contributed by atoms with Gasteiger partial charge in [-0.05, 0) is 38.2 Å². The summed E-state index contributed by atoms with van der Waals surface area (Å²) in [5.74, 6) is 1.23. The number of aromatic nitrogens is 2. The highest BCUT2D eigenvalue weighted by atomic mass is 15.2. The molecule has 3 aliphatic heterocycles. The molecule has 0 spiro atoms. The van der Waals surface area contributed by atoms with Gasteiger partial charge in [0.2, 0.25) is 0 Å². The summed E-state index contributed by atoms with van der Waals surface area (Å²) in [7, 11) is 0. The summed E-state index contributed by atoms with van der Waals surface area (Å²) in [4.78, 5) is 7.53. The molecule has 0 radical (unpaired) electrons. The van der Waals surface area contributed by atoms with Crippen molar-refractivity contribution in [1.82, 2.24) is 19.8 Å². The van der Waals surface area contributed by atoms with Crippen molar-refractivity contribution in [3.05, 3.63) is 53.1 Å². The minimum atomic E-state index is 0.663. The quantitative estimate of drug-likeness (QED) is 0.934. The summed E-state index contributed by atoms with van der Waals surface area (Å²) in [5.41, 5.74) is 4.25. The van der Waals surface area contributed by atoms with E-state index in [1.54, 1.807) is 0 Å². The molecule has 1 aromatic heterocycles. The molecule has 0 unspecified atom stereocenters. The summed E-state index contributed by atoms with van der Waals surface area (Å²) in [5, 5.41) is 3.77. The second kappa shape index (κ2) is 6.26. The Balaban J connectivity index is 1.36. The average molecular weight is 336 g/mol. The molecule has 0 amide bonds. The maximum absolute atomic E-state index is 4.99. The zero-order valence-corrected chi connectivity index (χ0v) is 15.1. The van der Waals surface area contributed by atoms with Crippen LogP contribution in [0.3, 0.4) is 0 Å². The van der Waals surface area contributed by atoms with Crippen molar-refractivity contribution in [2.45, 2.75) is 70.2 Å². The van der Waals surface area contributed by atoms with E-state index in [4.69, 9.17) is 4.98 Å². The van der Waals surface area contributed by atoms with Crippen LogP contribution in [0.2, 0.25) is 0 Å². The van der Waals surface area contributed by atoms with Gasteiger partial charge < -0.3 is 9.88 Å². The molecule has 0 aliphatic carbocycles. The van der Waals surface area contributed by atoms with Crippen LogP contribution in [-0.2, 0) is 19.5 Å². The highest BCUT2D eigenvalue weighted by Gasteiger charge is 2.36. The molecule has 3 aliphatic rings. The lowest BCUT2D eigenvalue weighted by atomic mass is 9.98. The second-order valence-electron chi connectivity index (χ2n) is 8.13. The Labute approximate surface area is 150 Å². The molecule has 25 heavy (non-hydrogen) atoms. The van der Waals surface area contributed by atoms with E-state index in [1.165, 1.54) is 48.5 Å². The summed E-state index contributed by atoms with van der Waals surface area (Å²) < 4.78 is 2.61. The third-order valence-corrected chi connectivity index (χ3v) is 6.37. The lowest BCUT2D eigenvalue weighted by Crippen LogP contribution is -2.40. The Morgan fingerprint density at radius 3 is 2.64 bits per heavy atom. The largest absolute Gasteiger partial charge is 0.329 e. The number of imidazole rings is 1. The number of nitrogens with zero attached hydrogens (tertiary/aromatic N) is 3. The monoisotopic (exact) mass is 336 g/mol. The maximum atomic E-state index is 4.99. The number of hydrogen-bond donors (Lipinski definition) is 1. The summed E-state index contributed by atoms with van der Waals surface area (Å²) in [6.45, 7) is 5.38. The Bertz CT molecular complexity index is 739. The first-order chi connectivity index (χ1) is 12.3. The topological polar surface area (TPSA) is 33.1 Å². The number of rotatable bonds is 3. The smallest absolute Gasteiger partial charge is 0.106 e. The number of hydrogen-bond acceptors (Lipinski definition) is 3. The van der Waals surface area contributed by atoms with Crippen LogP contribution in [0.15, 0.2) is 30.3 Å². The number of benzene rings is 1. The second-order valence-corrected chi connectivity index (χ2v) is 8.13. The normalized spacial score (nSPS) is 28.9. The van der Waals surface area contributed by atoms with E-state index in [0.29, 0.717) is 6.04 Å². The minimum absolute atomic E-state index is 0.663. The van der Waals surface area contributed by atoms with Crippen LogP contribution in [0.4, 0.5) is 0 Å². The fraction of sp³-hybridized carbons (Fsp3) is 0.571. The first-order valence-corrected chi connectivity index (χ1v) is 9.85. The molecule has 2 aromatic rings. The minimum Gasteiger partial charge on any atom is -0.329 e. The molecule has 1 aromatic carbocycles. The fourth-order valence-electron chi connectivity index (χ4n) is 5.29. The van der Waals surface area contributed by atoms with E-state index in [0.717, 1.165) is 38.1 Å². The SMILES string of the molecule is Cc1nc2c(n1[C@H]1C[C@H]3CC[C@@H](C1)N3)CCN(Cc1ccccc1)C2. The maximum Gasteiger partial charge on any atom is 0.106 e. The van der Waals surface area contributed by atoms with Gasteiger partial charge in [-0.3, -0.25) is 4.90 Å². The van der Waals surface area contributed by atoms with Gasteiger partial charge in [0.05, 0.1) is 5.69 Å². The molecule has 0 saturated carbocycles. The number of nitrogens with one attached hydrogen (secondary N) is 1. The number of piperidine rings is 1. The van der Waals surface area contributed by atoms with E-state index in [9.17, 15) is 0 Å². The lowest BCUT2D eigenvalue weighted by Gasteiger charge is -2.33. The van der Waals surface area contributed by atoms with Crippen molar-refractivity contribution in [2.75, 3.05) is 6.54 Å². The van der Waals surface area contributed by atoms with Gasteiger partial charge in [0.25, 0.3) is 0 Å². The molecule has 2 fully saturated rings. The fourth-order valence-corrected chi connectivity index (χ4v) is 5.29. The number of fused-ring (bicyclic) bond motifs is 3. The zero-order valence-electron chi connectivity index (χ0n) is 15.1. The van der Waals surface area contributed by atoms with E-state index in [2.05, 4.69) is 52.0 Å². The predicted octanol–water partition coefficient (Wildman–Crippen LogP) is 3.21. The van der Waals surface area contributed by atoms with Crippen LogP contribution >= 0.6 is 0 Å². The molecule has 2 bridgehead atoms. The van der Waals surface area contributed by atoms with E-state index in [-0.39, 0.29) is 0 Å². The van der Waals surface area contributed by atoms with E-state index >= 15 is 0 Å². The Morgan fingerprint density at radius 1 is 1.12 bits per heavy atom. The van der Waals surface area contributed by atoms with Crippen LogP contribution < -0.4 is 5.32 Å². The summed E-state index contributed by atoms with van der Waals surface area (Å²) >= 11 is 0. The molecule has 3 atom stereocenters. The van der Waals surface area contributed by atoms with Gasteiger partial charge in [-0.1, -0.05) is 30.3 Å². The van der Waals surface area contributed by atoms with E-state index < -0.39 is 0 Å². The standard InChI is InChI=1S/C21H28N4/c1-15-22-20-14-24(13-16-5-3-2-4-6-16)10-9-21(20)25(15)19-11-17-7-8-18(12-19)23-17/h2-6,17-19,23H,7-14H2,1H3/t17-,18+,19+. The van der Waals surface area contributed by atoms with Crippen LogP contribution in [0, 0.1) is 6.92 Å². The van der Waals surface area contributed by atoms with Crippen molar-refractivity contribution >= 4 is 0 Å². The average Bonchev–Trinajstić information content (AvgIpc) is 3.13. The third-order valence-electron chi connectivity index (χ3n) is 6.37. The summed E-state index contributed by atoms with van der Waals surface area (Å²) in [6, 6.07) is 12.9. The first-order valence-electron chi connectivity index (χ1n) is 9.85. The van der Waals surface area contributed by atoms with Crippen molar-refractivity contribution in [3.8, 4) is 0 Å². The molecule has 5 rings (SSSR count). The molecule has 4 heteroatoms. The molecular formula is C21H28N4. The van der Waals surface area contributed by atoms with Crippen molar-refractivity contribution in [3.63, 3.8) is 0 Å². The van der Waals surface area contributed by atoms with Gasteiger partial charge in [0, 0.05) is 49.9 Å². The third kappa shape index (κ3) is 2.91. The predicted molar refractivity (Wildman–Crippen MR) is 99.4 cm³/mol. The van der Waals surface area contributed by atoms with E-state index in [1.807, 2.05) is 0 Å². The molecule has 4 heterocycles. The van der Waals surface area contributed by atoms with Crippen molar-refractivity contribution in [2.24, 2.45) is 0 Å². The molecule has 1 N–H and O–H groups in total. The Kier molecular flexibility index (Phi) is 3.90. The van der Waals surface area contributed by atoms with Crippen LogP contribution in [0.5, 0.6) is 0 Å². The molecule has 132 valence electrons. The summed E-state index contributed by atoms with van der Waals surface area (Å²) in [6.07, 6.45) is 6.44. The highest BCUT2D eigenvalue weighted by Crippen LogP contribution is 2.37. The Hall–Kier alpha value is -1.65. The van der Waals surface area contributed by atoms with Crippen LogP contribution in [0.25, 0.3) is 0 Å². The van der Waals surface area contributed by atoms with Gasteiger partial charge in [-0.2, -0.15) is 0 Å².